The number of ether oxygens (including phenoxy) is 1. The maximum Gasteiger partial charge on any atom is 0.256 e. The molecule has 4 heterocycles. The summed E-state index contributed by atoms with van der Waals surface area (Å²) in [5, 5.41) is 5.31. The molecule has 3 aromatic rings. The van der Waals surface area contributed by atoms with E-state index < -0.39 is 10.0 Å². The van der Waals surface area contributed by atoms with Crippen LogP contribution in [-0.2, 0) is 14.8 Å². The Labute approximate surface area is 227 Å². The normalized spacial score (nSPS) is 18.6. The van der Waals surface area contributed by atoms with E-state index in [0.717, 1.165) is 55.9 Å². The average Bonchev–Trinajstić information content (AvgIpc) is 3.32. The zero-order valence-electron chi connectivity index (χ0n) is 21.7. The van der Waals surface area contributed by atoms with E-state index in [1.54, 1.807) is 11.0 Å². The van der Waals surface area contributed by atoms with Crippen LogP contribution in [0.25, 0.3) is 5.65 Å². The van der Waals surface area contributed by atoms with Crippen molar-refractivity contribution in [1.29, 1.82) is 0 Å². The minimum Gasteiger partial charge on any atom is -0.378 e. The Kier molecular flexibility index (Phi) is 7.38. The maximum atomic E-state index is 13.9. The Balaban J connectivity index is 1.55. The Morgan fingerprint density at radius 2 is 1.89 bits per heavy atom. The molecule has 1 amide bonds. The number of sulfonamides is 1. The van der Waals surface area contributed by atoms with E-state index >= 15 is 0 Å². The molecule has 2 aliphatic heterocycles. The highest BCUT2D eigenvalue weighted by molar-refractivity contribution is 7.92. The number of anilines is 3. The molecule has 0 radical (unpaired) electrons. The molecule has 0 unspecified atom stereocenters. The summed E-state index contributed by atoms with van der Waals surface area (Å²) in [5.74, 6) is 1.45. The molecule has 0 saturated carbocycles. The van der Waals surface area contributed by atoms with E-state index in [0.29, 0.717) is 30.4 Å². The predicted octanol–water partition coefficient (Wildman–Crippen LogP) is 3.02. The van der Waals surface area contributed by atoms with Crippen LogP contribution in [0, 0.1) is 0 Å². The minimum atomic E-state index is -3.59. The van der Waals surface area contributed by atoms with Gasteiger partial charge in [-0.1, -0.05) is 11.6 Å². The molecule has 204 valence electrons. The van der Waals surface area contributed by atoms with Gasteiger partial charge in [0.1, 0.15) is 11.6 Å². The van der Waals surface area contributed by atoms with Crippen molar-refractivity contribution in [3.8, 4) is 0 Å². The zero-order valence-corrected chi connectivity index (χ0v) is 23.3. The number of nitrogens with one attached hydrogen (secondary N) is 1. The van der Waals surface area contributed by atoms with Gasteiger partial charge in [0.15, 0.2) is 5.65 Å². The van der Waals surface area contributed by atoms with Gasteiger partial charge in [-0.25, -0.2) is 13.4 Å². The lowest BCUT2D eigenvalue weighted by molar-refractivity contribution is 0.0607. The van der Waals surface area contributed by atoms with Crippen LogP contribution in [0.4, 0.5) is 17.3 Å². The van der Waals surface area contributed by atoms with Crippen LogP contribution < -0.4 is 14.5 Å². The molecule has 11 nitrogen and oxygen atoms in total. The van der Waals surface area contributed by atoms with Gasteiger partial charge < -0.3 is 19.4 Å². The molecule has 38 heavy (non-hydrogen) atoms. The first-order chi connectivity index (χ1) is 18.1. The third-order valence-corrected chi connectivity index (χ3v) is 7.65. The van der Waals surface area contributed by atoms with Crippen LogP contribution in [0.3, 0.4) is 0 Å². The molecule has 1 N–H and O–H groups in total. The fourth-order valence-corrected chi connectivity index (χ4v) is 5.74. The molecule has 0 bridgehead atoms. The number of piperidine rings is 1. The van der Waals surface area contributed by atoms with Crippen molar-refractivity contribution in [3.63, 3.8) is 0 Å². The first-order valence-corrected chi connectivity index (χ1v) is 14.9. The SMILES string of the molecule is CN(C)c1cc(N2CCOCC2)n2nc([C@@H]3CCCCN3C(=O)c3cc(Cl)ccc3NS(C)(=O)=O)cc2n1. The van der Waals surface area contributed by atoms with E-state index in [1.807, 2.05) is 35.6 Å². The van der Waals surface area contributed by atoms with Crippen molar-refractivity contribution in [2.75, 3.05) is 67.7 Å². The molecule has 2 aromatic heterocycles. The molecule has 5 rings (SSSR count). The number of nitrogens with zero attached hydrogens (tertiary/aromatic N) is 6. The van der Waals surface area contributed by atoms with E-state index in [-0.39, 0.29) is 23.2 Å². The number of aromatic nitrogens is 3. The number of amides is 1. The summed E-state index contributed by atoms with van der Waals surface area (Å²) in [6.07, 6.45) is 3.57. The van der Waals surface area contributed by atoms with E-state index in [9.17, 15) is 13.2 Å². The van der Waals surface area contributed by atoms with Crippen molar-refractivity contribution in [2.24, 2.45) is 0 Å². The van der Waals surface area contributed by atoms with Crippen molar-refractivity contribution >= 4 is 50.5 Å². The molecule has 13 heteroatoms. The number of morpholine rings is 1. The highest BCUT2D eigenvalue weighted by Crippen LogP contribution is 2.35. The molecular formula is C25H32ClN7O4S. The quantitative estimate of drug-likeness (QED) is 0.489. The standard InChI is InChI=1S/C25H32ClN7O4S/c1-30(2)22-16-24(31-10-12-37-13-11-31)33-23(27-22)15-20(28-33)21-6-4-5-9-32(21)25(34)18-14-17(26)7-8-19(18)29-38(3,35)36/h7-8,14-16,21,29H,4-6,9-13H2,1-3H3/t21-/m0/s1. The minimum absolute atomic E-state index is 0.202. The third-order valence-electron chi connectivity index (χ3n) is 6.82. The number of hydrogen-bond acceptors (Lipinski definition) is 8. The van der Waals surface area contributed by atoms with Gasteiger partial charge in [-0.3, -0.25) is 9.52 Å². The van der Waals surface area contributed by atoms with Crippen molar-refractivity contribution in [1.82, 2.24) is 19.5 Å². The van der Waals surface area contributed by atoms with Gasteiger partial charge in [0.25, 0.3) is 5.91 Å². The number of fused-ring (bicyclic) bond motifs is 1. The number of hydrogen-bond donors (Lipinski definition) is 1. The van der Waals surface area contributed by atoms with Gasteiger partial charge in [0.05, 0.1) is 42.5 Å². The summed E-state index contributed by atoms with van der Waals surface area (Å²) >= 11 is 6.22. The van der Waals surface area contributed by atoms with E-state index in [4.69, 9.17) is 26.4 Å². The summed E-state index contributed by atoms with van der Waals surface area (Å²) in [6, 6.07) is 8.26. The lowest BCUT2D eigenvalue weighted by atomic mass is 9.98. The zero-order chi connectivity index (χ0) is 27.0. The Bertz CT molecular complexity index is 1450. The van der Waals surface area contributed by atoms with Gasteiger partial charge in [-0.15, -0.1) is 0 Å². The second-order valence-electron chi connectivity index (χ2n) is 9.88. The fourth-order valence-electron chi connectivity index (χ4n) is 4.99. The van der Waals surface area contributed by atoms with Gasteiger partial charge in [0, 0.05) is 50.9 Å². The molecule has 1 atom stereocenters. The Morgan fingerprint density at radius 3 is 2.61 bits per heavy atom. The number of benzene rings is 1. The Hall–Kier alpha value is -3.09. The molecule has 2 fully saturated rings. The number of halogens is 1. The van der Waals surface area contributed by atoms with Gasteiger partial charge in [-0.2, -0.15) is 9.61 Å². The lowest BCUT2D eigenvalue weighted by Crippen LogP contribution is -2.39. The van der Waals surface area contributed by atoms with Crippen molar-refractivity contribution in [3.05, 3.63) is 46.6 Å². The smallest absolute Gasteiger partial charge is 0.256 e. The Morgan fingerprint density at radius 1 is 1.13 bits per heavy atom. The molecule has 0 aliphatic carbocycles. The largest absolute Gasteiger partial charge is 0.378 e. The molecular weight excluding hydrogens is 530 g/mol. The monoisotopic (exact) mass is 561 g/mol. The topological polar surface area (TPSA) is 112 Å². The fraction of sp³-hybridized carbons (Fsp3) is 0.480. The molecule has 2 aliphatic rings. The highest BCUT2D eigenvalue weighted by atomic mass is 35.5. The highest BCUT2D eigenvalue weighted by Gasteiger charge is 2.33. The first-order valence-electron chi connectivity index (χ1n) is 12.6. The van der Waals surface area contributed by atoms with Crippen LogP contribution in [-0.4, -0.2) is 87.0 Å². The number of carbonyl (C=O) groups excluding carboxylic acids is 1. The van der Waals surface area contributed by atoms with Crippen LogP contribution in [0.1, 0.15) is 41.4 Å². The number of carbonyl (C=O) groups is 1. The average molecular weight is 562 g/mol. The number of rotatable bonds is 6. The first kappa shape index (κ1) is 26.5. The summed E-state index contributed by atoms with van der Waals surface area (Å²) < 4.78 is 33.8. The predicted molar refractivity (Wildman–Crippen MR) is 148 cm³/mol. The maximum absolute atomic E-state index is 13.9. The second-order valence-corrected chi connectivity index (χ2v) is 12.1. The molecule has 2 saturated heterocycles. The van der Waals surface area contributed by atoms with E-state index in [2.05, 4.69) is 9.62 Å². The third kappa shape index (κ3) is 5.52. The van der Waals surface area contributed by atoms with Crippen LogP contribution >= 0.6 is 11.6 Å². The van der Waals surface area contributed by atoms with E-state index in [1.165, 1.54) is 12.1 Å². The molecule has 0 spiro atoms. The van der Waals surface area contributed by atoms with Crippen LogP contribution in [0.2, 0.25) is 5.02 Å². The summed E-state index contributed by atoms with van der Waals surface area (Å²) in [5.41, 5.74) is 1.86. The van der Waals surface area contributed by atoms with Crippen molar-refractivity contribution in [2.45, 2.75) is 25.3 Å². The van der Waals surface area contributed by atoms with Crippen LogP contribution in [0.15, 0.2) is 30.3 Å². The lowest BCUT2D eigenvalue weighted by Gasteiger charge is -2.35. The second kappa shape index (κ2) is 10.6. The van der Waals surface area contributed by atoms with Gasteiger partial charge in [0.2, 0.25) is 10.0 Å². The number of likely N-dealkylation sites (tertiary alicyclic amines) is 1. The summed E-state index contributed by atoms with van der Waals surface area (Å²) in [6.45, 7) is 3.31. The van der Waals surface area contributed by atoms with Gasteiger partial charge >= 0.3 is 0 Å². The van der Waals surface area contributed by atoms with Gasteiger partial charge in [-0.05, 0) is 37.5 Å². The van der Waals surface area contributed by atoms with Crippen LogP contribution in [0.5, 0.6) is 0 Å². The van der Waals surface area contributed by atoms with Crippen molar-refractivity contribution < 1.29 is 17.9 Å². The summed E-state index contributed by atoms with van der Waals surface area (Å²) in [7, 11) is 0.313. The summed E-state index contributed by atoms with van der Waals surface area (Å²) in [4.78, 5) is 24.6. The molecule has 1 aromatic carbocycles.